The van der Waals surface area contributed by atoms with E-state index in [1.165, 1.54) is 0 Å². The first-order chi connectivity index (χ1) is 9.83. The third kappa shape index (κ3) is 4.19. The molecule has 0 saturated carbocycles. The standard InChI is InChI=1S/C15H26N2O4/c1-4-8-16-12(18)5-6-13(19)17-9-7-15(10-17,11(2)3)14(20)21/h11H,4-10H2,1-3H3,(H,16,18)(H,20,21). The van der Waals surface area contributed by atoms with E-state index in [0.717, 1.165) is 6.42 Å². The third-order valence-corrected chi connectivity index (χ3v) is 4.32. The van der Waals surface area contributed by atoms with E-state index in [4.69, 9.17) is 0 Å². The van der Waals surface area contributed by atoms with Crippen LogP contribution in [0.3, 0.4) is 0 Å². The maximum atomic E-state index is 12.1. The SMILES string of the molecule is CCCNC(=O)CCC(=O)N1CCC(C(=O)O)(C(C)C)C1. The lowest BCUT2D eigenvalue weighted by Crippen LogP contribution is -2.40. The summed E-state index contributed by atoms with van der Waals surface area (Å²) >= 11 is 0. The van der Waals surface area contributed by atoms with E-state index in [0.29, 0.717) is 19.5 Å². The highest BCUT2D eigenvalue weighted by molar-refractivity contribution is 5.85. The van der Waals surface area contributed by atoms with Crippen molar-refractivity contribution in [1.82, 2.24) is 10.2 Å². The molecule has 1 aliphatic rings. The average Bonchev–Trinajstić information content (AvgIpc) is 2.89. The monoisotopic (exact) mass is 298 g/mol. The molecule has 0 bridgehead atoms. The van der Waals surface area contributed by atoms with E-state index in [2.05, 4.69) is 5.32 Å². The van der Waals surface area contributed by atoms with Gasteiger partial charge < -0.3 is 15.3 Å². The summed E-state index contributed by atoms with van der Waals surface area (Å²) in [5.74, 6) is -1.13. The van der Waals surface area contributed by atoms with Gasteiger partial charge in [-0.25, -0.2) is 0 Å². The highest BCUT2D eigenvalue weighted by Gasteiger charge is 2.48. The fourth-order valence-electron chi connectivity index (χ4n) is 2.67. The first-order valence-electron chi connectivity index (χ1n) is 7.61. The molecule has 0 aromatic carbocycles. The van der Waals surface area contributed by atoms with Crippen LogP contribution in [-0.2, 0) is 14.4 Å². The molecule has 1 rings (SSSR count). The first kappa shape index (κ1) is 17.5. The molecule has 2 N–H and O–H groups in total. The molecule has 1 atom stereocenters. The van der Waals surface area contributed by atoms with Crippen molar-refractivity contribution in [2.24, 2.45) is 11.3 Å². The fourth-order valence-corrected chi connectivity index (χ4v) is 2.67. The smallest absolute Gasteiger partial charge is 0.311 e. The number of hydrogen-bond acceptors (Lipinski definition) is 3. The van der Waals surface area contributed by atoms with Gasteiger partial charge in [0.1, 0.15) is 0 Å². The van der Waals surface area contributed by atoms with E-state index in [9.17, 15) is 19.5 Å². The summed E-state index contributed by atoms with van der Waals surface area (Å²) in [4.78, 5) is 36.7. The van der Waals surface area contributed by atoms with E-state index < -0.39 is 11.4 Å². The van der Waals surface area contributed by atoms with Crippen molar-refractivity contribution < 1.29 is 19.5 Å². The maximum Gasteiger partial charge on any atom is 0.311 e. The van der Waals surface area contributed by atoms with Gasteiger partial charge in [-0.2, -0.15) is 0 Å². The van der Waals surface area contributed by atoms with Gasteiger partial charge in [0.2, 0.25) is 11.8 Å². The Balaban J connectivity index is 2.51. The second kappa shape index (κ2) is 7.43. The number of amides is 2. The Morgan fingerprint density at radius 1 is 1.29 bits per heavy atom. The zero-order valence-electron chi connectivity index (χ0n) is 13.1. The number of nitrogens with zero attached hydrogens (tertiary/aromatic N) is 1. The van der Waals surface area contributed by atoms with Gasteiger partial charge in [0.25, 0.3) is 0 Å². The van der Waals surface area contributed by atoms with Gasteiger partial charge in [-0.05, 0) is 18.8 Å². The van der Waals surface area contributed by atoms with Crippen LogP contribution in [0, 0.1) is 11.3 Å². The van der Waals surface area contributed by atoms with Crippen molar-refractivity contribution in [1.29, 1.82) is 0 Å². The van der Waals surface area contributed by atoms with Crippen LogP contribution in [0.25, 0.3) is 0 Å². The van der Waals surface area contributed by atoms with Crippen molar-refractivity contribution in [3.63, 3.8) is 0 Å². The van der Waals surface area contributed by atoms with Gasteiger partial charge in [0, 0.05) is 32.5 Å². The summed E-state index contributed by atoms with van der Waals surface area (Å²) in [5, 5.41) is 12.2. The number of likely N-dealkylation sites (tertiary alicyclic amines) is 1. The van der Waals surface area contributed by atoms with Crippen LogP contribution in [0.4, 0.5) is 0 Å². The van der Waals surface area contributed by atoms with Gasteiger partial charge in [0.15, 0.2) is 0 Å². The minimum Gasteiger partial charge on any atom is -0.481 e. The summed E-state index contributed by atoms with van der Waals surface area (Å²) < 4.78 is 0. The Labute approximate surface area is 125 Å². The zero-order chi connectivity index (χ0) is 16.0. The molecule has 1 fully saturated rings. The first-order valence-corrected chi connectivity index (χ1v) is 7.61. The number of carboxylic acids is 1. The van der Waals surface area contributed by atoms with Crippen molar-refractivity contribution in [2.75, 3.05) is 19.6 Å². The van der Waals surface area contributed by atoms with Gasteiger partial charge in [-0.15, -0.1) is 0 Å². The second-order valence-electron chi connectivity index (χ2n) is 6.03. The molecule has 1 saturated heterocycles. The summed E-state index contributed by atoms with van der Waals surface area (Å²) in [6.45, 7) is 7.04. The highest BCUT2D eigenvalue weighted by Crippen LogP contribution is 2.38. The van der Waals surface area contributed by atoms with E-state index >= 15 is 0 Å². The highest BCUT2D eigenvalue weighted by atomic mass is 16.4. The molecule has 120 valence electrons. The summed E-state index contributed by atoms with van der Waals surface area (Å²) in [6, 6.07) is 0. The minimum absolute atomic E-state index is 0.0272. The topological polar surface area (TPSA) is 86.7 Å². The molecule has 2 amide bonds. The van der Waals surface area contributed by atoms with Crippen LogP contribution in [0.1, 0.15) is 46.5 Å². The normalized spacial score (nSPS) is 21.6. The fraction of sp³-hybridized carbons (Fsp3) is 0.800. The lowest BCUT2D eigenvalue weighted by Gasteiger charge is -2.28. The van der Waals surface area contributed by atoms with E-state index in [1.807, 2.05) is 20.8 Å². The molecule has 6 heteroatoms. The number of aliphatic carboxylic acids is 1. The summed E-state index contributed by atoms with van der Waals surface area (Å²) in [6.07, 6.45) is 1.65. The van der Waals surface area contributed by atoms with Crippen LogP contribution in [0.5, 0.6) is 0 Å². The zero-order valence-corrected chi connectivity index (χ0v) is 13.1. The van der Waals surface area contributed by atoms with Gasteiger partial charge in [0.05, 0.1) is 5.41 Å². The lowest BCUT2D eigenvalue weighted by atomic mass is 9.76. The number of nitrogens with one attached hydrogen (secondary N) is 1. The molecular formula is C15H26N2O4. The number of hydrogen-bond donors (Lipinski definition) is 2. The van der Waals surface area contributed by atoms with E-state index in [-0.39, 0.29) is 37.1 Å². The number of carboxylic acid groups (broad SMARTS) is 1. The van der Waals surface area contributed by atoms with Gasteiger partial charge >= 0.3 is 5.97 Å². The van der Waals surface area contributed by atoms with Crippen molar-refractivity contribution in [3.05, 3.63) is 0 Å². The Kier molecular flexibility index (Phi) is 6.18. The maximum absolute atomic E-state index is 12.1. The average molecular weight is 298 g/mol. The van der Waals surface area contributed by atoms with Crippen LogP contribution >= 0.6 is 0 Å². The number of carbonyl (C=O) groups excluding carboxylic acids is 2. The predicted octanol–water partition coefficient (Wildman–Crippen LogP) is 1.25. The largest absolute Gasteiger partial charge is 0.481 e. The summed E-state index contributed by atoms with van der Waals surface area (Å²) in [5.41, 5.74) is -0.847. The molecule has 0 aliphatic carbocycles. The van der Waals surface area contributed by atoms with Gasteiger partial charge in [-0.1, -0.05) is 20.8 Å². The molecule has 6 nitrogen and oxygen atoms in total. The van der Waals surface area contributed by atoms with Gasteiger partial charge in [-0.3, -0.25) is 14.4 Å². The van der Waals surface area contributed by atoms with Crippen LogP contribution in [-0.4, -0.2) is 47.4 Å². The summed E-state index contributed by atoms with van der Waals surface area (Å²) in [7, 11) is 0. The lowest BCUT2D eigenvalue weighted by molar-refractivity contribution is -0.151. The molecule has 0 aromatic rings. The number of carbonyl (C=O) groups is 3. The van der Waals surface area contributed by atoms with Crippen molar-refractivity contribution in [2.45, 2.75) is 46.5 Å². The van der Waals surface area contributed by atoms with Crippen LogP contribution < -0.4 is 5.32 Å². The quantitative estimate of drug-likeness (QED) is 0.740. The Hall–Kier alpha value is -1.59. The molecule has 21 heavy (non-hydrogen) atoms. The Morgan fingerprint density at radius 3 is 2.43 bits per heavy atom. The second-order valence-corrected chi connectivity index (χ2v) is 6.03. The predicted molar refractivity (Wildman–Crippen MR) is 78.6 cm³/mol. The third-order valence-electron chi connectivity index (χ3n) is 4.32. The molecule has 0 radical (unpaired) electrons. The molecule has 0 spiro atoms. The Bertz CT molecular complexity index is 408. The van der Waals surface area contributed by atoms with Crippen LogP contribution in [0.2, 0.25) is 0 Å². The minimum atomic E-state index is -0.847. The molecule has 1 unspecified atom stereocenters. The van der Waals surface area contributed by atoms with Crippen molar-refractivity contribution in [3.8, 4) is 0 Å². The number of rotatable bonds is 7. The Morgan fingerprint density at radius 2 is 1.95 bits per heavy atom. The van der Waals surface area contributed by atoms with Crippen molar-refractivity contribution >= 4 is 17.8 Å². The molecule has 1 heterocycles. The van der Waals surface area contributed by atoms with E-state index in [1.54, 1.807) is 4.90 Å². The molecule has 0 aromatic heterocycles. The van der Waals surface area contributed by atoms with Crippen LogP contribution in [0.15, 0.2) is 0 Å². The molecular weight excluding hydrogens is 272 g/mol. The molecule has 1 aliphatic heterocycles.